The summed E-state index contributed by atoms with van der Waals surface area (Å²) in [4.78, 5) is 23.4. The zero-order valence-electron chi connectivity index (χ0n) is 19.9. The first-order valence-corrected chi connectivity index (χ1v) is 12.2. The number of halogens is 1. The molecule has 2 saturated carbocycles. The van der Waals surface area contributed by atoms with E-state index >= 15 is 0 Å². The Bertz CT molecular complexity index is 1120. The molecule has 6 heteroatoms. The molecule has 5 nitrogen and oxygen atoms in total. The van der Waals surface area contributed by atoms with Crippen LogP contribution in [0.3, 0.4) is 0 Å². The molecule has 0 radical (unpaired) electrons. The molecule has 4 aliphatic rings. The van der Waals surface area contributed by atoms with E-state index in [2.05, 4.69) is 13.0 Å². The highest BCUT2D eigenvalue weighted by molar-refractivity contribution is 6.24. The Morgan fingerprint density at radius 2 is 1.82 bits per heavy atom. The van der Waals surface area contributed by atoms with Crippen LogP contribution in [-0.4, -0.2) is 32.6 Å². The maximum absolute atomic E-state index is 12.7. The Balaban J connectivity index is 1.67. The first-order chi connectivity index (χ1) is 15.2. The Morgan fingerprint density at radius 3 is 2.45 bits per heavy atom. The van der Waals surface area contributed by atoms with E-state index in [0.717, 1.165) is 5.57 Å². The molecule has 0 spiro atoms. The van der Waals surface area contributed by atoms with Crippen molar-refractivity contribution >= 4 is 17.4 Å². The lowest BCUT2D eigenvalue weighted by Crippen LogP contribution is -2.63. The predicted octanol–water partition coefficient (Wildman–Crippen LogP) is 4.36. The molecule has 178 valence electrons. The Labute approximate surface area is 199 Å². The van der Waals surface area contributed by atoms with Crippen LogP contribution < -0.4 is 5.63 Å². The number of carbonyl (C=O) groups excluding carboxylic acids is 1. The van der Waals surface area contributed by atoms with Crippen molar-refractivity contribution < 1.29 is 19.4 Å². The summed E-state index contributed by atoms with van der Waals surface area (Å²) in [6.07, 6.45) is 7.82. The summed E-state index contributed by atoms with van der Waals surface area (Å²) >= 11 is 7.12. The summed E-state index contributed by atoms with van der Waals surface area (Å²) in [5.74, 6) is -0.322. The van der Waals surface area contributed by atoms with Crippen molar-refractivity contribution in [3.8, 4) is 0 Å². The van der Waals surface area contributed by atoms with Crippen LogP contribution in [0.15, 0.2) is 51.4 Å². The monoisotopic (exact) mass is 472 g/mol. The van der Waals surface area contributed by atoms with Gasteiger partial charge in [-0.05, 0) is 60.3 Å². The second kappa shape index (κ2) is 6.71. The van der Waals surface area contributed by atoms with E-state index in [1.807, 2.05) is 33.8 Å². The molecular formula is C27H33ClO5. The fourth-order valence-electron chi connectivity index (χ4n) is 8.24. The summed E-state index contributed by atoms with van der Waals surface area (Å²) in [5.41, 5.74) is -2.00. The number of alkyl halides is 1. The van der Waals surface area contributed by atoms with E-state index in [0.29, 0.717) is 18.4 Å². The standard InChI is InChI=1S/C27H33ClO5/c1-23(2)18-8-7-16-17(24(18,3)11-10-19(23)29)12-20(30)26(5)22(15-6-9-21(31)33-13-15)25(4,28)14-27(16,26)32/h6-7,9-11,13,17-18,20,22,30,32H,8,12,14H2,1-5H3/t17-,18-,20+,22-,24+,25?,26+,27-/m0/s1. The van der Waals surface area contributed by atoms with Crippen LogP contribution in [0, 0.1) is 28.1 Å². The molecule has 2 N–H and O–H groups in total. The lowest BCUT2D eigenvalue weighted by molar-refractivity contribution is -0.154. The number of fused-ring (bicyclic) bond motifs is 5. The summed E-state index contributed by atoms with van der Waals surface area (Å²) < 4.78 is 5.15. The second-order valence-electron chi connectivity index (χ2n) is 12.0. The van der Waals surface area contributed by atoms with Gasteiger partial charge in [0.25, 0.3) is 0 Å². The van der Waals surface area contributed by atoms with E-state index in [1.54, 1.807) is 12.1 Å². The number of allylic oxidation sites excluding steroid dienone is 3. The number of ketones is 1. The summed E-state index contributed by atoms with van der Waals surface area (Å²) in [7, 11) is 0. The van der Waals surface area contributed by atoms with Crippen molar-refractivity contribution in [3.63, 3.8) is 0 Å². The van der Waals surface area contributed by atoms with Crippen molar-refractivity contribution in [2.45, 2.75) is 76.4 Å². The molecule has 0 aromatic carbocycles. The maximum atomic E-state index is 12.7. The molecule has 1 aromatic rings. The van der Waals surface area contributed by atoms with Crippen LogP contribution in [0.25, 0.3) is 0 Å². The third kappa shape index (κ3) is 2.73. The largest absolute Gasteiger partial charge is 0.431 e. The average molecular weight is 473 g/mol. The highest BCUT2D eigenvalue weighted by Crippen LogP contribution is 2.72. The Morgan fingerprint density at radius 1 is 1.12 bits per heavy atom. The highest BCUT2D eigenvalue weighted by Gasteiger charge is 2.74. The van der Waals surface area contributed by atoms with E-state index < -0.39 is 39.0 Å². The lowest BCUT2D eigenvalue weighted by Gasteiger charge is -2.61. The summed E-state index contributed by atoms with van der Waals surface area (Å²) in [5, 5.41) is 24.2. The SMILES string of the molecule is CC1(Cl)C[C@]2(O)C3=CC[C@H]4C(C)(C)C(=O)C=C[C@]4(C)[C@H]3C[C@@H](O)[C@]2(C)[C@H]1c1ccc(=O)oc1. The predicted molar refractivity (Wildman–Crippen MR) is 126 cm³/mol. The van der Waals surface area contributed by atoms with Crippen LogP contribution in [0.5, 0.6) is 0 Å². The van der Waals surface area contributed by atoms with Gasteiger partial charge in [0.2, 0.25) is 0 Å². The number of hydrogen-bond donors (Lipinski definition) is 2. The van der Waals surface area contributed by atoms with Crippen molar-refractivity contribution in [2.75, 3.05) is 0 Å². The van der Waals surface area contributed by atoms with E-state index in [-0.39, 0.29) is 29.5 Å². The Kier molecular flexibility index (Phi) is 4.69. The minimum Gasteiger partial charge on any atom is -0.431 e. The van der Waals surface area contributed by atoms with Crippen LogP contribution in [0.2, 0.25) is 0 Å². The zero-order chi connectivity index (χ0) is 24.2. The van der Waals surface area contributed by atoms with Gasteiger partial charge in [0.05, 0.1) is 22.8 Å². The van der Waals surface area contributed by atoms with Gasteiger partial charge >= 0.3 is 5.63 Å². The third-order valence-electron chi connectivity index (χ3n) is 9.93. The molecule has 1 unspecified atom stereocenters. The number of carbonyl (C=O) groups is 1. The van der Waals surface area contributed by atoms with Crippen molar-refractivity contribution in [1.29, 1.82) is 0 Å². The first-order valence-electron chi connectivity index (χ1n) is 11.8. The van der Waals surface area contributed by atoms with Crippen LogP contribution in [-0.2, 0) is 4.79 Å². The maximum Gasteiger partial charge on any atom is 0.335 e. The highest BCUT2D eigenvalue weighted by atomic mass is 35.5. The Hall–Kier alpha value is -1.69. The van der Waals surface area contributed by atoms with E-state index in [4.69, 9.17) is 16.0 Å². The molecule has 4 aliphatic carbocycles. The van der Waals surface area contributed by atoms with Gasteiger partial charge < -0.3 is 14.6 Å². The molecule has 8 atom stereocenters. The molecule has 0 aliphatic heterocycles. The number of rotatable bonds is 1. The van der Waals surface area contributed by atoms with Gasteiger partial charge in [0.1, 0.15) is 0 Å². The molecule has 33 heavy (non-hydrogen) atoms. The van der Waals surface area contributed by atoms with Gasteiger partial charge in [-0.25, -0.2) is 4.79 Å². The zero-order valence-corrected chi connectivity index (χ0v) is 20.6. The van der Waals surface area contributed by atoms with E-state index in [9.17, 15) is 19.8 Å². The molecule has 0 saturated heterocycles. The van der Waals surface area contributed by atoms with Gasteiger partial charge in [0, 0.05) is 29.2 Å². The summed E-state index contributed by atoms with van der Waals surface area (Å²) in [6.45, 7) is 9.98. The fourth-order valence-corrected chi connectivity index (χ4v) is 8.78. The quantitative estimate of drug-likeness (QED) is 0.468. The molecular weight excluding hydrogens is 440 g/mol. The lowest BCUT2D eigenvalue weighted by atomic mass is 9.44. The van der Waals surface area contributed by atoms with Gasteiger partial charge in [-0.2, -0.15) is 0 Å². The number of hydrogen-bond acceptors (Lipinski definition) is 5. The van der Waals surface area contributed by atoms with Crippen LogP contribution in [0.1, 0.15) is 65.4 Å². The van der Waals surface area contributed by atoms with Gasteiger partial charge in [-0.3, -0.25) is 4.79 Å². The van der Waals surface area contributed by atoms with Crippen LogP contribution in [0.4, 0.5) is 0 Å². The van der Waals surface area contributed by atoms with Gasteiger partial charge in [0.15, 0.2) is 5.78 Å². The normalized spacial score (nSPS) is 48.0. The molecule has 1 aromatic heterocycles. The first kappa shape index (κ1) is 23.1. The van der Waals surface area contributed by atoms with Gasteiger partial charge in [-0.1, -0.05) is 39.8 Å². The van der Waals surface area contributed by atoms with Crippen molar-refractivity contribution in [3.05, 3.63) is 58.2 Å². The second-order valence-corrected chi connectivity index (χ2v) is 12.8. The average Bonchev–Trinajstić information content (AvgIpc) is 2.90. The third-order valence-corrected chi connectivity index (χ3v) is 10.3. The van der Waals surface area contributed by atoms with Crippen LogP contribution >= 0.6 is 11.6 Å². The molecule has 5 rings (SSSR count). The topological polar surface area (TPSA) is 87.7 Å². The van der Waals surface area contributed by atoms with Crippen molar-refractivity contribution in [1.82, 2.24) is 0 Å². The fraction of sp³-hybridized carbons (Fsp3) is 0.630. The molecule has 2 fully saturated rings. The smallest absolute Gasteiger partial charge is 0.335 e. The molecule has 1 heterocycles. The molecule has 0 amide bonds. The minimum absolute atomic E-state index is 0.0828. The minimum atomic E-state index is -1.33. The molecule has 0 bridgehead atoms. The van der Waals surface area contributed by atoms with E-state index in [1.165, 1.54) is 12.3 Å². The number of aliphatic hydroxyl groups excluding tert-OH is 1. The van der Waals surface area contributed by atoms with Crippen molar-refractivity contribution in [2.24, 2.45) is 28.1 Å². The number of aliphatic hydroxyl groups is 2. The summed E-state index contributed by atoms with van der Waals surface area (Å²) in [6, 6.07) is 3.05. The van der Waals surface area contributed by atoms with Gasteiger partial charge in [-0.15, -0.1) is 11.6 Å².